The number of H-pyrrole nitrogens is 1. The third kappa shape index (κ3) is 3.52. The molecule has 5 rings (SSSR count). The van der Waals surface area contributed by atoms with Crippen molar-refractivity contribution in [1.82, 2.24) is 25.1 Å². The van der Waals surface area contributed by atoms with Gasteiger partial charge in [-0.25, -0.2) is 4.98 Å². The van der Waals surface area contributed by atoms with Crippen LogP contribution >= 0.6 is 0 Å². The third-order valence-electron chi connectivity index (χ3n) is 5.89. The highest BCUT2D eigenvalue weighted by Gasteiger charge is 2.29. The molecule has 7 nitrogen and oxygen atoms in total. The number of ether oxygens (including phenoxy) is 1. The molecular formula is C22H25N5O2. The highest BCUT2D eigenvalue weighted by atomic mass is 16.5. The standard InChI is InChI=1S/C22H25N5O2/c1-29-19-5-3-2-4-16(19)15-12-17-21(22(28)23-13-15)26-20(25-17)9-11-27-18(8-10-24-27)14-6-7-14/h2-5,8,10,14-15H,6-7,9,11-13H2,1H3,(H,23,28)(H,25,26). The minimum absolute atomic E-state index is 0.113. The van der Waals surface area contributed by atoms with E-state index in [2.05, 4.69) is 37.2 Å². The molecule has 1 unspecified atom stereocenters. The Balaban J connectivity index is 1.36. The quantitative estimate of drug-likeness (QED) is 0.677. The molecule has 3 heterocycles. The summed E-state index contributed by atoms with van der Waals surface area (Å²) < 4.78 is 7.60. The molecule has 7 heteroatoms. The number of amides is 1. The van der Waals surface area contributed by atoms with Crippen molar-refractivity contribution < 1.29 is 9.53 Å². The predicted octanol–water partition coefficient (Wildman–Crippen LogP) is 2.80. The zero-order chi connectivity index (χ0) is 19.8. The van der Waals surface area contributed by atoms with Crippen molar-refractivity contribution in [2.24, 2.45) is 0 Å². The normalized spacial score (nSPS) is 18.8. The van der Waals surface area contributed by atoms with Crippen LogP contribution in [0.15, 0.2) is 36.5 Å². The molecule has 0 spiro atoms. The molecule has 0 radical (unpaired) electrons. The van der Waals surface area contributed by atoms with Crippen LogP contribution in [0.2, 0.25) is 0 Å². The van der Waals surface area contributed by atoms with Crippen LogP contribution in [0.3, 0.4) is 0 Å². The van der Waals surface area contributed by atoms with Gasteiger partial charge in [0.2, 0.25) is 0 Å². The van der Waals surface area contributed by atoms with Gasteiger partial charge < -0.3 is 15.0 Å². The van der Waals surface area contributed by atoms with Gasteiger partial charge in [0.25, 0.3) is 5.91 Å². The number of imidazole rings is 1. The summed E-state index contributed by atoms with van der Waals surface area (Å²) in [4.78, 5) is 20.6. The number of carbonyl (C=O) groups is 1. The number of rotatable bonds is 6. The van der Waals surface area contributed by atoms with Crippen LogP contribution < -0.4 is 10.1 Å². The van der Waals surface area contributed by atoms with Gasteiger partial charge >= 0.3 is 0 Å². The number of carbonyl (C=O) groups excluding carboxylic acids is 1. The monoisotopic (exact) mass is 391 g/mol. The first kappa shape index (κ1) is 18.0. The molecule has 2 aromatic heterocycles. The van der Waals surface area contributed by atoms with Crippen LogP contribution in [0.25, 0.3) is 0 Å². The molecule has 1 aliphatic heterocycles. The van der Waals surface area contributed by atoms with Gasteiger partial charge in [0.05, 0.1) is 7.11 Å². The van der Waals surface area contributed by atoms with Gasteiger partial charge in [0.15, 0.2) is 0 Å². The molecule has 1 fully saturated rings. The van der Waals surface area contributed by atoms with E-state index in [-0.39, 0.29) is 11.8 Å². The van der Waals surface area contributed by atoms with Gasteiger partial charge in [-0.05, 0) is 37.0 Å². The second-order valence-electron chi connectivity index (χ2n) is 7.87. The molecule has 150 valence electrons. The summed E-state index contributed by atoms with van der Waals surface area (Å²) in [6.07, 6.45) is 5.82. The molecule has 1 saturated carbocycles. The zero-order valence-electron chi connectivity index (χ0n) is 16.5. The van der Waals surface area contributed by atoms with Gasteiger partial charge in [0.1, 0.15) is 17.3 Å². The summed E-state index contributed by atoms with van der Waals surface area (Å²) in [5.74, 6) is 2.37. The first-order chi connectivity index (χ1) is 14.2. The van der Waals surface area contributed by atoms with Crippen LogP contribution in [0.5, 0.6) is 5.75 Å². The maximum absolute atomic E-state index is 12.6. The first-order valence-electron chi connectivity index (χ1n) is 10.2. The number of nitrogens with one attached hydrogen (secondary N) is 2. The van der Waals surface area contributed by atoms with E-state index in [4.69, 9.17) is 4.74 Å². The molecule has 3 aromatic rings. The van der Waals surface area contributed by atoms with Gasteiger partial charge in [0, 0.05) is 48.9 Å². The fourth-order valence-electron chi connectivity index (χ4n) is 4.23. The Bertz CT molecular complexity index is 1030. The van der Waals surface area contributed by atoms with E-state index < -0.39 is 0 Å². The van der Waals surface area contributed by atoms with E-state index in [0.29, 0.717) is 18.2 Å². The second-order valence-corrected chi connectivity index (χ2v) is 7.87. The number of hydrogen-bond donors (Lipinski definition) is 2. The molecule has 0 saturated heterocycles. The zero-order valence-corrected chi connectivity index (χ0v) is 16.5. The van der Waals surface area contributed by atoms with E-state index in [1.807, 2.05) is 24.4 Å². The van der Waals surface area contributed by atoms with E-state index in [9.17, 15) is 4.79 Å². The minimum atomic E-state index is -0.113. The summed E-state index contributed by atoms with van der Waals surface area (Å²) in [7, 11) is 1.68. The molecule has 2 aliphatic rings. The average molecular weight is 391 g/mol. The Morgan fingerprint density at radius 2 is 2.07 bits per heavy atom. The average Bonchev–Trinajstić information content (AvgIpc) is 3.38. The molecule has 2 N–H and O–H groups in total. The molecule has 1 aromatic carbocycles. The number of fused-ring (bicyclic) bond motifs is 1. The minimum Gasteiger partial charge on any atom is -0.496 e. The maximum Gasteiger partial charge on any atom is 0.271 e. The van der Waals surface area contributed by atoms with Crippen molar-refractivity contribution in [2.75, 3.05) is 13.7 Å². The molecule has 1 atom stereocenters. The lowest BCUT2D eigenvalue weighted by Crippen LogP contribution is -2.26. The van der Waals surface area contributed by atoms with E-state index in [1.54, 1.807) is 7.11 Å². The van der Waals surface area contributed by atoms with Crippen molar-refractivity contribution in [2.45, 2.75) is 44.1 Å². The van der Waals surface area contributed by atoms with Gasteiger partial charge in [-0.1, -0.05) is 18.2 Å². The maximum atomic E-state index is 12.6. The number of aryl methyl sites for hydroxylation is 2. The highest BCUT2D eigenvalue weighted by Crippen LogP contribution is 2.39. The predicted molar refractivity (Wildman–Crippen MR) is 108 cm³/mol. The summed E-state index contributed by atoms with van der Waals surface area (Å²) in [5.41, 5.74) is 3.83. The van der Waals surface area contributed by atoms with Crippen LogP contribution in [0, 0.1) is 0 Å². The topological polar surface area (TPSA) is 84.8 Å². The van der Waals surface area contributed by atoms with Crippen LogP contribution in [-0.2, 0) is 19.4 Å². The molecular weight excluding hydrogens is 366 g/mol. The number of methoxy groups -OCH3 is 1. The molecule has 29 heavy (non-hydrogen) atoms. The largest absolute Gasteiger partial charge is 0.496 e. The highest BCUT2D eigenvalue weighted by molar-refractivity contribution is 5.94. The van der Waals surface area contributed by atoms with E-state index in [0.717, 1.165) is 42.2 Å². The Kier molecular flexibility index (Phi) is 4.58. The van der Waals surface area contributed by atoms with Crippen molar-refractivity contribution >= 4 is 5.91 Å². The lowest BCUT2D eigenvalue weighted by molar-refractivity contribution is 0.0950. The SMILES string of the molecule is COc1ccccc1C1CNC(=O)c2nc(CCn3nccc3C3CC3)[nH]c2C1. The van der Waals surface area contributed by atoms with Crippen molar-refractivity contribution in [3.05, 3.63) is 65.0 Å². The first-order valence-corrected chi connectivity index (χ1v) is 10.2. The third-order valence-corrected chi connectivity index (χ3v) is 5.89. The molecule has 1 aliphatic carbocycles. The smallest absolute Gasteiger partial charge is 0.271 e. The summed E-state index contributed by atoms with van der Waals surface area (Å²) in [6, 6.07) is 10.1. The number of nitrogens with zero attached hydrogens (tertiary/aromatic N) is 3. The van der Waals surface area contributed by atoms with Gasteiger partial charge in [-0.3, -0.25) is 9.48 Å². The fraction of sp³-hybridized carbons (Fsp3) is 0.409. The summed E-state index contributed by atoms with van der Waals surface area (Å²) in [5, 5.41) is 7.48. The van der Waals surface area contributed by atoms with E-state index in [1.165, 1.54) is 18.5 Å². The summed E-state index contributed by atoms with van der Waals surface area (Å²) >= 11 is 0. The second kappa shape index (κ2) is 7.39. The van der Waals surface area contributed by atoms with Crippen molar-refractivity contribution in [1.29, 1.82) is 0 Å². The van der Waals surface area contributed by atoms with Crippen LogP contribution in [0.4, 0.5) is 0 Å². The van der Waals surface area contributed by atoms with Crippen LogP contribution in [-0.4, -0.2) is 39.3 Å². The number of aromatic amines is 1. The molecule has 0 bridgehead atoms. The van der Waals surface area contributed by atoms with Crippen molar-refractivity contribution in [3.63, 3.8) is 0 Å². The number of benzene rings is 1. The van der Waals surface area contributed by atoms with E-state index >= 15 is 0 Å². The molecule has 1 amide bonds. The number of hydrogen-bond acceptors (Lipinski definition) is 4. The Morgan fingerprint density at radius 3 is 2.90 bits per heavy atom. The van der Waals surface area contributed by atoms with Gasteiger partial charge in [-0.15, -0.1) is 0 Å². The lowest BCUT2D eigenvalue weighted by atomic mass is 9.93. The number of aromatic nitrogens is 4. The van der Waals surface area contributed by atoms with Crippen molar-refractivity contribution in [3.8, 4) is 5.75 Å². The summed E-state index contributed by atoms with van der Waals surface area (Å²) in [6.45, 7) is 1.33. The Labute approximate surface area is 169 Å². The fourth-order valence-corrected chi connectivity index (χ4v) is 4.23. The Morgan fingerprint density at radius 1 is 1.21 bits per heavy atom. The Hall–Kier alpha value is -3.09. The number of para-hydroxylation sites is 1. The lowest BCUT2D eigenvalue weighted by Gasteiger charge is -2.17. The van der Waals surface area contributed by atoms with Crippen LogP contribution in [0.1, 0.15) is 57.9 Å². The van der Waals surface area contributed by atoms with Gasteiger partial charge in [-0.2, -0.15) is 5.10 Å².